The fraction of sp³-hybridized carbons (Fsp3) is 0.562. The smallest absolute Gasteiger partial charge is 0.242 e. The molecule has 2 aromatic rings. The van der Waals surface area contributed by atoms with Crippen LogP contribution in [0.2, 0.25) is 0 Å². The van der Waals surface area contributed by atoms with Gasteiger partial charge in [0.2, 0.25) is 11.8 Å². The van der Waals surface area contributed by atoms with Gasteiger partial charge in [0.1, 0.15) is 11.8 Å². The van der Waals surface area contributed by atoms with Crippen molar-refractivity contribution in [3.05, 3.63) is 65.7 Å². The van der Waals surface area contributed by atoms with Crippen LogP contribution in [0.4, 0.5) is 0 Å². The Balaban J connectivity index is 1.62. The third-order valence-electron chi connectivity index (χ3n) is 6.82. The number of ether oxygens (including phenoxy) is 1. The highest BCUT2D eigenvalue weighted by Crippen LogP contribution is 2.17. The van der Waals surface area contributed by atoms with E-state index in [0.717, 1.165) is 76.0 Å². The molecule has 8 nitrogen and oxygen atoms in total. The van der Waals surface area contributed by atoms with Crippen LogP contribution in [0.3, 0.4) is 0 Å². The third-order valence-corrected chi connectivity index (χ3v) is 6.82. The lowest BCUT2D eigenvalue weighted by atomic mass is 10.0. The molecule has 1 atom stereocenters. The molecule has 0 spiro atoms. The predicted octanol–water partition coefficient (Wildman–Crippen LogP) is 3.34. The van der Waals surface area contributed by atoms with Gasteiger partial charge in [-0.1, -0.05) is 67.8 Å². The van der Waals surface area contributed by atoms with E-state index < -0.39 is 6.04 Å². The second kappa shape index (κ2) is 21.8. The summed E-state index contributed by atoms with van der Waals surface area (Å²) in [6.45, 7) is 5.55. The van der Waals surface area contributed by atoms with E-state index >= 15 is 0 Å². The van der Waals surface area contributed by atoms with Gasteiger partial charge in [-0.15, -0.1) is 0 Å². The summed E-state index contributed by atoms with van der Waals surface area (Å²) in [5.41, 5.74) is 7.31. The zero-order valence-electron chi connectivity index (χ0n) is 24.4. The van der Waals surface area contributed by atoms with Crippen LogP contribution in [0, 0.1) is 0 Å². The van der Waals surface area contributed by atoms with E-state index in [4.69, 9.17) is 10.5 Å². The van der Waals surface area contributed by atoms with Crippen molar-refractivity contribution in [3.8, 4) is 5.75 Å². The number of amides is 2. The number of unbranched alkanes of at least 4 members (excludes halogenated alkanes) is 5. The van der Waals surface area contributed by atoms with Crippen molar-refractivity contribution < 1.29 is 14.3 Å². The highest BCUT2D eigenvalue weighted by atomic mass is 16.5. The summed E-state index contributed by atoms with van der Waals surface area (Å²) in [4.78, 5) is 25.9. The molecule has 0 fully saturated rings. The Morgan fingerprint density at radius 3 is 2.05 bits per heavy atom. The SMILES string of the molecule is COc1ccccc1CC(=O)N[C@@H](Cc1ccccc1)C(=O)NCCCCCNCCCNCCCCCCN. The molecular weight excluding hydrogens is 502 g/mol. The zero-order valence-corrected chi connectivity index (χ0v) is 24.4. The van der Waals surface area contributed by atoms with Gasteiger partial charge in [0, 0.05) is 18.5 Å². The molecule has 0 bridgehead atoms. The third kappa shape index (κ3) is 15.0. The number of carbonyl (C=O) groups is 2. The minimum atomic E-state index is -0.633. The van der Waals surface area contributed by atoms with Crippen LogP contribution >= 0.6 is 0 Å². The van der Waals surface area contributed by atoms with E-state index in [-0.39, 0.29) is 18.2 Å². The van der Waals surface area contributed by atoms with Gasteiger partial charge in [0.15, 0.2) is 0 Å². The lowest BCUT2D eigenvalue weighted by Gasteiger charge is -2.19. The first kappa shape index (κ1) is 33.3. The minimum Gasteiger partial charge on any atom is -0.496 e. The number of nitrogens with two attached hydrogens (primary N) is 1. The van der Waals surface area contributed by atoms with Crippen molar-refractivity contribution in [2.24, 2.45) is 5.73 Å². The maximum Gasteiger partial charge on any atom is 0.242 e. The molecule has 0 aliphatic carbocycles. The molecule has 0 radical (unpaired) electrons. The van der Waals surface area contributed by atoms with E-state index in [1.165, 1.54) is 19.3 Å². The zero-order chi connectivity index (χ0) is 28.7. The number of hydrogen-bond donors (Lipinski definition) is 5. The summed E-state index contributed by atoms with van der Waals surface area (Å²) in [5.74, 6) is 0.309. The summed E-state index contributed by atoms with van der Waals surface area (Å²) in [6, 6.07) is 16.6. The number of hydrogen-bond acceptors (Lipinski definition) is 6. The second-order valence-corrected chi connectivity index (χ2v) is 10.2. The Morgan fingerprint density at radius 1 is 0.750 bits per heavy atom. The van der Waals surface area contributed by atoms with Gasteiger partial charge in [-0.2, -0.15) is 0 Å². The van der Waals surface area contributed by atoms with Gasteiger partial charge in [-0.25, -0.2) is 0 Å². The molecule has 0 unspecified atom stereocenters. The molecule has 0 saturated heterocycles. The quantitative estimate of drug-likeness (QED) is 0.135. The number of nitrogens with one attached hydrogen (secondary N) is 4. The van der Waals surface area contributed by atoms with Crippen LogP contribution in [0.25, 0.3) is 0 Å². The van der Waals surface area contributed by atoms with Gasteiger partial charge in [-0.3, -0.25) is 9.59 Å². The summed E-state index contributed by atoms with van der Waals surface area (Å²) >= 11 is 0. The van der Waals surface area contributed by atoms with Crippen molar-refractivity contribution >= 4 is 11.8 Å². The Bertz CT molecular complexity index is 941. The average Bonchev–Trinajstić information content (AvgIpc) is 2.97. The molecule has 40 heavy (non-hydrogen) atoms. The van der Waals surface area contributed by atoms with E-state index in [1.54, 1.807) is 7.11 Å². The molecule has 6 N–H and O–H groups in total. The van der Waals surface area contributed by atoms with Crippen molar-refractivity contribution in [2.75, 3.05) is 46.4 Å². The topological polar surface area (TPSA) is 118 Å². The van der Waals surface area contributed by atoms with Gasteiger partial charge in [0.25, 0.3) is 0 Å². The highest BCUT2D eigenvalue weighted by Gasteiger charge is 2.21. The average molecular weight is 554 g/mol. The van der Waals surface area contributed by atoms with E-state index in [0.29, 0.717) is 18.7 Å². The fourth-order valence-corrected chi connectivity index (χ4v) is 4.55. The van der Waals surface area contributed by atoms with E-state index in [9.17, 15) is 9.59 Å². The van der Waals surface area contributed by atoms with Crippen LogP contribution in [-0.2, 0) is 22.4 Å². The molecule has 8 heteroatoms. The van der Waals surface area contributed by atoms with Gasteiger partial charge < -0.3 is 31.7 Å². The Kier molecular flexibility index (Phi) is 18.2. The van der Waals surface area contributed by atoms with Crippen molar-refractivity contribution in [2.45, 2.75) is 70.3 Å². The number of benzene rings is 2. The first-order chi connectivity index (χ1) is 19.6. The number of carbonyl (C=O) groups excluding carboxylic acids is 2. The molecule has 0 aromatic heterocycles. The monoisotopic (exact) mass is 553 g/mol. The van der Waals surface area contributed by atoms with Crippen LogP contribution in [0.5, 0.6) is 5.75 Å². The molecule has 2 amide bonds. The lowest BCUT2D eigenvalue weighted by molar-refractivity contribution is -0.128. The molecule has 2 aromatic carbocycles. The fourth-order valence-electron chi connectivity index (χ4n) is 4.55. The maximum absolute atomic E-state index is 13.0. The van der Waals surface area contributed by atoms with Crippen molar-refractivity contribution in [1.82, 2.24) is 21.3 Å². The molecule has 0 saturated carbocycles. The van der Waals surface area contributed by atoms with Crippen LogP contribution in [-0.4, -0.2) is 64.2 Å². The van der Waals surface area contributed by atoms with Gasteiger partial charge >= 0.3 is 0 Å². The minimum absolute atomic E-state index is 0.151. The van der Waals surface area contributed by atoms with Gasteiger partial charge in [-0.05, 0) is 76.5 Å². The molecule has 0 heterocycles. The van der Waals surface area contributed by atoms with Gasteiger partial charge in [0.05, 0.1) is 13.5 Å². The largest absolute Gasteiger partial charge is 0.496 e. The van der Waals surface area contributed by atoms with Crippen molar-refractivity contribution in [3.63, 3.8) is 0 Å². The van der Waals surface area contributed by atoms with E-state index in [1.807, 2.05) is 54.6 Å². The van der Waals surface area contributed by atoms with Crippen LogP contribution in [0.15, 0.2) is 54.6 Å². The molecule has 0 aliphatic heterocycles. The molecule has 0 aliphatic rings. The number of methoxy groups -OCH3 is 1. The predicted molar refractivity (Wildman–Crippen MR) is 164 cm³/mol. The maximum atomic E-state index is 13.0. The Morgan fingerprint density at radius 2 is 1.35 bits per heavy atom. The molecule has 222 valence electrons. The normalized spacial score (nSPS) is 11.7. The Hall–Kier alpha value is -2.94. The first-order valence-corrected chi connectivity index (χ1v) is 15.0. The first-order valence-electron chi connectivity index (χ1n) is 15.0. The second-order valence-electron chi connectivity index (χ2n) is 10.2. The Labute approximate surface area is 241 Å². The summed E-state index contributed by atoms with van der Waals surface area (Å²) < 4.78 is 5.37. The van der Waals surface area contributed by atoms with Crippen LogP contribution in [0.1, 0.15) is 62.5 Å². The summed E-state index contributed by atoms with van der Waals surface area (Å²) in [7, 11) is 1.59. The number of rotatable bonds is 23. The van der Waals surface area contributed by atoms with E-state index in [2.05, 4.69) is 21.3 Å². The number of para-hydroxylation sites is 1. The standard InChI is InChI=1S/C32H51N5O3/c1-40-30-18-9-8-17-28(30)26-31(38)37-29(25-27-15-6-4-7-16-27)32(39)36-24-13-5-12-21-35-23-14-22-34-20-11-3-2-10-19-33/h4,6-9,15-18,29,34-35H,2-3,5,10-14,19-26,33H2,1H3,(H,36,39)(H,37,38)/t29-/m0/s1. The molecule has 2 rings (SSSR count). The van der Waals surface area contributed by atoms with Crippen LogP contribution < -0.4 is 31.7 Å². The van der Waals surface area contributed by atoms with Crippen molar-refractivity contribution in [1.29, 1.82) is 0 Å². The molecular formula is C32H51N5O3. The lowest BCUT2D eigenvalue weighted by Crippen LogP contribution is -2.48. The summed E-state index contributed by atoms with van der Waals surface area (Å²) in [5, 5.41) is 13.0. The highest BCUT2D eigenvalue weighted by molar-refractivity contribution is 5.88. The summed E-state index contributed by atoms with van der Waals surface area (Å²) in [6.07, 6.45) is 9.61.